The lowest BCUT2D eigenvalue weighted by Crippen LogP contribution is -2.50. The fraction of sp³-hybridized carbons (Fsp3) is 0.571. The van der Waals surface area contributed by atoms with Crippen LogP contribution in [0, 0.1) is 0 Å². The fourth-order valence-corrected chi connectivity index (χ4v) is 1.71. The molecule has 0 spiro atoms. The number of benzene rings is 1. The lowest BCUT2D eigenvalue weighted by atomic mass is 9.98. The van der Waals surface area contributed by atoms with Gasteiger partial charge in [-0.3, -0.25) is 0 Å². The first kappa shape index (κ1) is 15.0. The zero-order valence-electron chi connectivity index (χ0n) is 11.1. The zero-order valence-corrected chi connectivity index (χ0v) is 11.1. The van der Waals surface area contributed by atoms with Crippen LogP contribution in [0.15, 0.2) is 24.3 Å². The Morgan fingerprint density at radius 2 is 1.94 bits per heavy atom. The van der Waals surface area contributed by atoms with Gasteiger partial charge in [0.25, 0.3) is 0 Å². The minimum atomic E-state index is -0.610. The van der Waals surface area contributed by atoms with Gasteiger partial charge in [0.05, 0.1) is 25.4 Å². The Hall–Kier alpha value is -1.10. The van der Waals surface area contributed by atoms with Gasteiger partial charge in [0.2, 0.25) is 0 Å². The molecule has 0 fully saturated rings. The van der Waals surface area contributed by atoms with Crippen molar-refractivity contribution in [3.8, 4) is 5.75 Å². The van der Waals surface area contributed by atoms with Gasteiger partial charge in [0.1, 0.15) is 5.75 Å². The van der Waals surface area contributed by atoms with Crippen molar-refractivity contribution in [3.63, 3.8) is 0 Å². The summed E-state index contributed by atoms with van der Waals surface area (Å²) in [5.41, 5.74) is 0.461. The Bertz CT molecular complexity index is 342. The number of nitrogens with one attached hydrogen (secondary N) is 1. The summed E-state index contributed by atoms with van der Waals surface area (Å²) in [5, 5.41) is 21.9. The highest BCUT2D eigenvalue weighted by Gasteiger charge is 2.25. The number of rotatable bonds is 8. The van der Waals surface area contributed by atoms with Gasteiger partial charge >= 0.3 is 0 Å². The van der Waals surface area contributed by atoms with Gasteiger partial charge in [-0.2, -0.15) is 0 Å². The second kappa shape index (κ2) is 7.36. The molecule has 4 nitrogen and oxygen atoms in total. The van der Waals surface area contributed by atoms with Crippen LogP contribution in [0.1, 0.15) is 25.8 Å². The predicted molar refractivity (Wildman–Crippen MR) is 71.6 cm³/mol. The summed E-state index contributed by atoms with van der Waals surface area (Å²) in [6.07, 6.45) is 0.672. The van der Waals surface area contributed by atoms with Gasteiger partial charge in [0, 0.05) is 6.54 Å². The summed E-state index contributed by atoms with van der Waals surface area (Å²) in [4.78, 5) is 0. The average Bonchev–Trinajstić information content (AvgIpc) is 2.42. The first-order valence-electron chi connectivity index (χ1n) is 6.38. The number of aliphatic hydroxyl groups is 2. The van der Waals surface area contributed by atoms with Gasteiger partial charge in [-0.1, -0.05) is 19.1 Å². The van der Waals surface area contributed by atoms with E-state index in [2.05, 4.69) is 5.32 Å². The molecule has 0 aliphatic rings. The van der Waals surface area contributed by atoms with E-state index in [1.807, 2.05) is 38.1 Å². The molecule has 1 aromatic carbocycles. The maximum Gasteiger partial charge on any atom is 0.119 e. The van der Waals surface area contributed by atoms with Crippen LogP contribution in [0.3, 0.4) is 0 Å². The molecule has 0 aliphatic heterocycles. The molecule has 1 rings (SSSR count). The maximum atomic E-state index is 9.35. The van der Waals surface area contributed by atoms with Crippen molar-refractivity contribution >= 4 is 0 Å². The third kappa shape index (κ3) is 3.98. The molecule has 4 heteroatoms. The molecule has 0 saturated heterocycles. The van der Waals surface area contributed by atoms with E-state index in [0.29, 0.717) is 19.6 Å². The number of hydrogen-bond acceptors (Lipinski definition) is 4. The van der Waals surface area contributed by atoms with Crippen LogP contribution in [0.25, 0.3) is 0 Å². The summed E-state index contributed by atoms with van der Waals surface area (Å²) < 4.78 is 5.43. The van der Waals surface area contributed by atoms with Gasteiger partial charge in [-0.15, -0.1) is 0 Å². The first-order chi connectivity index (χ1) is 8.69. The van der Waals surface area contributed by atoms with E-state index in [1.165, 1.54) is 0 Å². The Labute approximate surface area is 109 Å². The molecule has 0 atom stereocenters. The third-order valence-electron chi connectivity index (χ3n) is 3.16. The smallest absolute Gasteiger partial charge is 0.119 e. The van der Waals surface area contributed by atoms with Gasteiger partial charge in [-0.25, -0.2) is 0 Å². The van der Waals surface area contributed by atoms with Crippen LogP contribution in [0.2, 0.25) is 0 Å². The quantitative estimate of drug-likeness (QED) is 0.653. The van der Waals surface area contributed by atoms with Crippen LogP contribution in [0.4, 0.5) is 0 Å². The molecule has 0 unspecified atom stereocenters. The first-order valence-corrected chi connectivity index (χ1v) is 6.38. The van der Waals surface area contributed by atoms with Crippen LogP contribution in [-0.4, -0.2) is 35.6 Å². The van der Waals surface area contributed by atoms with Crippen LogP contribution in [0.5, 0.6) is 5.75 Å². The third-order valence-corrected chi connectivity index (χ3v) is 3.16. The fourth-order valence-electron chi connectivity index (χ4n) is 1.71. The van der Waals surface area contributed by atoms with Gasteiger partial charge in [0.15, 0.2) is 0 Å². The molecule has 1 aromatic rings. The lowest BCUT2D eigenvalue weighted by Gasteiger charge is -2.30. The molecule has 0 heterocycles. The molecular formula is C14H23NO3. The van der Waals surface area contributed by atoms with E-state index in [4.69, 9.17) is 4.74 Å². The van der Waals surface area contributed by atoms with Crippen LogP contribution < -0.4 is 10.1 Å². The second-order valence-electron chi connectivity index (χ2n) is 4.38. The monoisotopic (exact) mass is 253 g/mol. The maximum absolute atomic E-state index is 9.35. The largest absolute Gasteiger partial charge is 0.494 e. The van der Waals surface area contributed by atoms with Crippen molar-refractivity contribution in [2.24, 2.45) is 0 Å². The zero-order chi connectivity index (χ0) is 13.4. The standard InChI is InChI=1S/C14H23NO3/c1-3-14(10-16,11-17)15-9-12-6-5-7-13(8-12)18-4-2/h5-8,15-17H,3-4,9-11H2,1-2H3. The highest BCUT2D eigenvalue weighted by Crippen LogP contribution is 2.15. The summed E-state index contributed by atoms with van der Waals surface area (Å²) in [6, 6.07) is 7.81. The SMILES string of the molecule is CCOc1cccc(CNC(CC)(CO)CO)c1. The Morgan fingerprint density at radius 3 is 2.50 bits per heavy atom. The summed E-state index contributed by atoms with van der Waals surface area (Å²) >= 11 is 0. The van der Waals surface area contributed by atoms with Crippen molar-refractivity contribution in [1.82, 2.24) is 5.32 Å². The normalized spacial score (nSPS) is 11.6. The second-order valence-corrected chi connectivity index (χ2v) is 4.38. The van der Waals surface area contributed by atoms with Crippen molar-refractivity contribution in [1.29, 1.82) is 0 Å². The molecule has 0 saturated carbocycles. The van der Waals surface area contributed by atoms with E-state index in [9.17, 15) is 10.2 Å². The molecule has 3 N–H and O–H groups in total. The number of aliphatic hydroxyl groups excluding tert-OH is 2. The average molecular weight is 253 g/mol. The van der Waals surface area contributed by atoms with E-state index in [1.54, 1.807) is 0 Å². The Balaban J connectivity index is 2.64. The van der Waals surface area contributed by atoms with Crippen molar-refractivity contribution in [3.05, 3.63) is 29.8 Å². The van der Waals surface area contributed by atoms with Crippen molar-refractivity contribution in [2.75, 3.05) is 19.8 Å². The lowest BCUT2D eigenvalue weighted by molar-refractivity contribution is 0.0864. The van der Waals surface area contributed by atoms with Crippen LogP contribution >= 0.6 is 0 Å². The summed E-state index contributed by atoms with van der Waals surface area (Å²) in [6.45, 7) is 4.97. The molecular weight excluding hydrogens is 230 g/mol. The van der Waals surface area contributed by atoms with Gasteiger partial charge < -0.3 is 20.3 Å². The number of ether oxygens (including phenoxy) is 1. The van der Waals surface area contributed by atoms with Gasteiger partial charge in [-0.05, 0) is 31.0 Å². The van der Waals surface area contributed by atoms with E-state index < -0.39 is 5.54 Å². The summed E-state index contributed by atoms with van der Waals surface area (Å²) in [5.74, 6) is 0.840. The predicted octanol–water partition coefficient (Wildman–Crippen LogP) is 1.31. The highest BCUT2D eigenvalue weighted by atomic mass is 16.5. The molecule has 0 bridgehead atoms. The summed E-state index contributed by atoms with van der Waals surface area (Å²) in [7, 11) is 0. The highest BCUT2D eigenvalue weighted by molar-refractivity contribution is 5.28. The molecule has 18 heavy (non-hydrogen) atoms. The topological polar surface area (TPSA) is 61.7 Å². The van der Waals surface area contributed by atoms with Crippen LogP contribution in [-0.2, 0) is 6.54 Å². The molecule has 0 aliphatic carbocycles. The minimum absolute atomic E-state index is 0.0782. The molecule has 0 radical (unpaired) electrons. The van der Waals surface area contributed by atoms with E-state index in [-0.39, 0.29) is 13.2 Å². The van der Waals surface area contributed by atoms with E-state index >= 15 is 0 Å². The Kier molecular flexibility index (Phi) is 6.12. The Morgan fingerprint density at radius 1 is 1.22 bits per heavy atom. The molecule has 102 valence electrons. The molecule has 0 aromatic heterocycles. The van der Waals surface area contributed by atoms with Crippen molar-refractivity contribution in [2.45, 2.75) is 32.4 Å². The molecule has 0 amide bonds. The van der Waals surface area contributed by atoms with Crippen molar-refractivity contribution < 1.29 is 14.9 Å². The number of hydrogen-bond donors (Lipinski definition) is 3. The minimum Gasteiger partial charge on any atom is -0.494 e. The van der Waals surface area contributed by atoms with E-state index in [0.717, 1.165) is 11.3 Å².